The zero-order chi connectivity index (χ0) is 17.6. The molecule has 1 atom stereocenters. The third-order valence-corrected chi connectivity index (χ3v) is 3.85. The molecule has 0 aliphatic carbocycles. The summed E-state index contributed by atoms with van der Waals surface area (Å²) < 4.78 is 5.50. The highest BCUT2D eigenvalue weighted by molar-refractivity contribution is 5.93. The molecule has 1 unspecified atom stereocenters. The molecule has 7 heteroatoms. The number of rotatable bonds is 5. The third-order valence-electron chi connectivity index (χ3n) is 3.85. The number of nitrogens with zero attached hydrogens (tertiary/aromatic N) is 3. The number of anilines is 2. The molecule has 1 aromatic carbocycles. The SMILES string of the molecule is Cc1nc(Nc2cccc(C#N)c2)cc(C(=O)NCC2CCCO2)n1. The molecule has 2 aromatic rings. The maximum absolute atomic E-state index is 12.3. The van der Waals surface area contributed by atoms with Crippen molar-refractivity contribution in [2.45, 2.75) is 25.9 Å². The summed E-state index contributed by atoms with van der Waals surface area (Å²) in [7, 11) is 0. The second kappa shape index (κ2) is 7.73. The van der Waals surface area contributed by atoms with E-state index < -0.39 is 0 Å². The van der Waals surface area contributed by atoms with Crippen LogP contribution in [0.4, 0.5) is 11.5 Å². The van der Waals surface area contributed by atoms with Crippen LogP contribution in [0.2, 0.25) is 0 Å². The molecule has 1 aliphatic rings. The Hall–Kier alpha value is -2.98. The minimum Gasteiger partial charge on any atom is -0.376 e. The molecular formula is C18H19N5O2. The van der Waals surface area contributed by atoms with E-state index >= 15 is 0 Å². The number of ether oxygens (including phenoxy) is 1. The molecule has 128 valence electrons. The summed E-state index contributed by atoms with van der Waals surface area (Å²) >= 11 is 0. The van der Waals surface area contributed by atoms with Crippen molar-refractivity contribution in [1.29, 1.82) is 5.26 Å². The Kier molecular flexibility index (Phi) is 5.21. The van der Waals surface area contributed by atoms with Gasteiger partial charge in [0.1, 0.15) is 17.3 Å². The van der Waals surface area contributed by atoms with E-state index in [2.05, 4.69) is 26.7 Å². The van der Waals surface area contributed by atoms with E-state index in [-0.39, 0.29) is 12.0 Å². The number of nitriles is 1. The largest absolute Gasteiger partial charge is 0.376 e. The van der Waals surface area contributed by atoms with Gasteiger partial charge in [-0.25, -0.2) is 9.97 Å². The van der Waals surface area contributed by atoms with Gasteiger partial charge in [-0.05, 0) is 38.0 Å². The summed E-state index contributed by atoms with van der Waals surface area (Å²) in [6.07, 6.45) is 2.08. The van der Waals surface area contributed by atoms with Gasteiger partial charge in [0.15, 0.2) is 0 Å². The monoisotopic (exact) mass is 337 g/mol. The lowest BCUT2D eigenvalue weighted by molar-refractivity contribution is 0.0853. The van der Waals surface area contributed by atoms with Crippen LogP contribution in [0.1, 0.15) is 34.7 Å². The Bertz CT molecular complexity index is 809. The molecule has 7 nitrogen and oxygen atoms in total. The standard InChI is InChI=1S/C18H19N5O2/c1-12-21-16(18(24)20-11-15-6-3-7-25-15)9-17(22-12)23-14-5-2-4-13(8-14)10-19/h2,4-5,8-9,15H,3,6-7,11H2,1H3,(H,20,24)(H,21,22,23). The van der Waals surface area contributed by atoms with E-state index in [0.717, 1.165) is 25.1 Å². The number of amides is 1. The average Bonchev–Trinajstić information content (AvgIpc) is 3.13. The molecule has 0 spiro atoms. The first-order valence-corrected chi connectivity index (χ1v) is 8.17. The summed E-state index contributed by atoms with van der Waals surface area (Å²) in [5.41, 5.74) is 1.57. The van der Waals surface area contributed by atoms with Crippen molar-refractivity contribution in [3.8, 4) is 6.07 Å². The minimum absolute atomic E-state index is 0.0817. The van der Waals surface area contributed by atoms with Crippen LogP contribution in [0.3, 0.4) is 0 Å². The Morgan fingerprint density at radius 3 is 3.04 bits per heavy atom. The van der Waals surface area contributed by atoms with Crippen LogP contribution < -0.4 is 10.6 Å². The molecular weight excluding hydrogens is 318 g/mol. The first kappa shape index (κ1) is 16.9. The Labute approximate surface area is 146 Å². The number of aromatic nitrogens is 2. The number of aryl methyl sites for hydroxylation is 1. The lowest BCUT2D eigenvalue weighted by Crippen LogP contribution is -2.32. The van der Waals surface area contributed by atoms with E-state index in [1.54, 1.807) is 31.2 Å². The quantitative estimate of drug-likeness (QED) is 0.868. The summed E-state index contributed by atoms with van der Waals surface area (Å²) in [5.74, 6) is 0.739. The number of nitrogens with one attached hydrogen (secondary N) is 2. The molecule has 0 radical (unpaired) electrons. The zero-order valence-corrected chi connectivity index (χ0v) is 14.0. The van der Waals surface area contributed by atoms with Crippen molar-refractivity contribution >= 4 is 17.4 Å². The molecule has 1 aromatic heterocycles. The molecule has 3 rings (SSSR count). The number of hydrogen-bond acceptors (Lipinski definition) is 6. The van der Waals surface area contributed by atoms with E-state index in [4.69, 9.17) is 10.00 Å². The van der Waals surface area contributed by atoms with Crippen molar-refractivity contribution in [1.82, 2.24) is 15.3 Å². The van der Waals surface area contributed by atoms with Crippen LogP contribution in [0.25, 0.3) is 0 Å². The van der Waals surface area contributed by atoms with Crippen LogP contribution in [-0.2, 0) is 4.74 Å². The van der Waals surface area contributed by atoms with Crippen LogP contribution in [0.15, 0.2) is 30.3 Å². The highest BCUT2D eigenvalue weighted by Gasteiger charge is 2.17. The molecule has 1 aliphatic heterocycles. The number of carbonyl (C=O) groups is 1. The highest BCUT2D eigenvalue weighted by Crippen LogP contribution is 2.17. The van der Waals surface area contributed by atoms with Gasteiger partial charge in [-0.15, -0.1) is 0 Å². The average molecular weight is 337 g/mol. The van der Waals surface area contributed by atoms with E-state index in [1.807, 2.05) is 6.07 Å². The lowest BCUT2D eigenvalue weighted by atomic mass is 10.2. The first-order chi connectivity index (χ1) is 12.1. The fraction of sp³-hybridized carbons (Fsp3) is 0.333. The molecule has 0 bridgehead atoms. The molecule has 25 heavy (non-hydrogen) atoms. The molecule has 0 saturated carbocycles. The topological polar surface area (TPSA) is 99.9 Å². The van der Waals surface area contributed by atoms with Gasteiger partial charge in [-0.3, -0.25) is 4.79 Å². The van der Waals surface area contributed by atoms with Crippen molar-refractivity contribution in [2.75, 3.05) is 18.5 Å². The minimum atomic E-state index is -0.255. The Morgan fingerprint density at radius 1 is 1.40 bits per heavy atom. The molecule has 2 heterocycles. The van der Waals surface area contributed by atoms with Gasteiger partial charge in [0.2, 0.25) is 0 Å². The first-order valence-electron chi connectivity index (χ1n) is 8.17. The number of hydrogen-bond donors (Lipinski definition) is 2. The summed E-state index contributed by atoms with van der Waals surface area (Å²) in [5, 5.41) is 14.9. The maximum Gasteiger partial charge on any atom is 0.270 e. The Morgan fingerprint density at radius 2 is 2.28 bits per heavy atom. The normalized spacial score (nSPS) is 16.2. The van der Waals surface area contributed by atoms with Crippen molar-refractivity contribution < 1.29 is 9.53 Å². The van der Waals surface area contributed by atoms with Crippen LogP contribution in [-0.4, -0.2) is 35.1 Å². The molecule has 1 fully saturated rings. The maximum atomic E-state index is 12.3. The van der Waals surface area contributed by atoms with Crippen LogP contribution in [0.5, 0.6) is 0 Å². The predicted octanol–water partition coefficient (Wildman–Crippen LogP) is 2.31. The van der Waals surface area contributed by atoms with Crippen molar-refractivity contribution in [3.63, 3.8) is 0 Å². The molecule has 1 saturated heterocycles. The highest BCUT2D eigenvalue weighted by atomic mass is 16.5. The summed E-state index contributed by atoms with van der Waals surface area (Å²) in [6.45, 7) is 2.96. The predicted molar refractivity (Wildman–Crippen MR) is 92.5 cm³/mol. The van der Waals surface area contributed by atoms with Gasteiger partial charge in [0, 0.05) is 24.9 Å². The summed E-state index contributed by atoms with van der Waals surface area (Å²) in [4.78, 5) is 20.8. The van der Waals surface area contributed by atoms with Crippen molar-refractivity contribution in [3.05, 3.63) is 47.4 Å². The van der Waals surface area contributed by atoms with E-state index in [1.165, 1.54) is 0 Å². The zero-order valence-electron chi connectivity index (χ0n) is 14.0. The smallest absolute Gasteiger partial charge is 0.270 e. The van der Waals surface area contributed by atoms with E-state index in [9.17, 15) is 4.79 Å². The van der Waals surface area contributed by atoms with E-state index in [0.29, 0.717) is 29.4 Å². The fourth-order valence-corrected chi connectivity index (χ4v) is 2.66. The second-order valence-corrected chi connectivity index (χ2v) is 5.85. The van der Waals surface area contributed by atoms with Gasteiger partial charge in [0.05, 0.1) is 17.7 Å². The second-order valence-electron chi connectivity index (χ2n) is 5.85. The fourth-order valence-electron chi connectivity index (χ4n) is 2.66. The van der Waals surface area contributed by atoms with Gasteiger partial charge < -0.3 is 15.4 Å². The van der Waals surface area contributed by atoms with Gasteiger partial charge in [-0.2, -0.15) is 5.26 Å². The number of carbonyl (C=O) groups excluding carboxylic acids is 1. The lowest BCUT2D eigenvalue weighted by Gasteiger charge is -2.12. The number of benzene rings is 1. The molecule has 1 amide bonds. The van der Waals surface area contributed by atoms with Crippen LogP contribution in [0, 0.1) is 18.3 Å². The third kappa shape index (κ3) is 4.52. The molecule has 2 N–H and O–H groups in total. The van der Waals surface area contributed by atoms with Crippen molar-refractivity contribution in [2.24, 2.45) is 0 Å². The Balaban J connectivity index is 1.70. The summed E-state index contributed by atoms with van der Waals surface area (Å²) in [6, 6.07) is 10.7. The van der Waals surface area contributed by atoms with Gasteiger partial charge in [0.25, 0.3) is 5.91 Å². The van der Waals surface area contributed by atoms with Gasteiger partial charge >= 0.3 is 0 Å². The van der Waals surface area contributed by atoms with Crippen LogP contribution >= 0.6 is 0 Å². The van der Waals surface area contributed by atoms with Gasteiger partial charge in [-0.1, -0.05) is 6.07 Å².